The van der Waals surface area contributed by atoms with E-state index >= 15 is 0 Å². The molecule has 2 heterocycles. The Balaban J connectivity index is 1.51. The maximum absolute atomic E-state index is 12.0. The second-order valence-electron chi connectivity index (χ2n) is 7.83. The zero-order valence-corrected chi connectivity index (χ0v) is 25.3. The molecule has 3 aromatic rings. The molecule has 1 aromatic heterocycles. The molecular formula is C26H26N3O3S2Se2+. The second kappa shape index (κ2) is 11.9. The number of aryl methyl sites for hydroxylation is 1. The van der Waals surface area contributed by atoms with Gasteiger partial charge in [0, 0.05) is 0 Å². The Morgan fingerprint density at radius 1 is 1.22 bits per heavy atom. The van der Waals surface area contributed by atoms with Gasteiger partial charge in [-0.15, -0.1) is 0 Å². The normalized spacial score (nSPS) is 16.1. The fraction of sp³-hybridized carbons (Fsp3) is 0.154. The van der Waals surface area contributed by atoms with Crippen LogP contribution in [0.15, 0.2) is 86.7 Å². The first-order chi connectivity index (χ1) is 17.3. The standard InChI is InChI=1S/C26H25N3O3S2Se2/c1-28-20-13-11-18(33-32-3)15-22(20)35-24(28)9-5-7-17(26(27)30)8-6-10-25-29(2)21-14-12-19(34(4)31)16-23(21)36-25/h5-16H,1-4H3,(H-,27,30)/p+1. The van der Waals surface area contributed by atoms with E-state index in [0.717, 1.165) is 19.9 Å². The molecule has 0 radical (unpaired) electrons. The predicted molar refractivity (Wildman–Crippen MR) is 151 cm³/mol. The molecule has 2 aromatic carbocycles. The summed E-state index contributed by atoms with van der Waals surface area (Å²) in [4.78, 5) is 16.1. The summed E-state index contributed by atoms with van der Waals surface area (Å²) in [5, 5.41) is 0. The molecule has 36 heavy (non-hydrogen) atoms. The Morgan fingerprint density at radius 2 is 2.03 bits per heavy atom. The zero-order valence-electron chi connectivity index (χ0n) is 20.3. The van der Waals surface area contributed by atoms with Crippen LogP contribution in [0.5, 0.6) is 0 Å². The Morgan fingerprint density at radius 3 is 2.75 bits per heavy atom. The summed E-state index contributed by atoms with van der Waals surface area (Å²) in [5.74, 6) is -0.474. The van der Waals surface area contributed by atoms with E-state index in [-0.39, 0.29) is 29.5 Å². The molecule has 0 saturated heterocycles. The van der Waals surface area contributed by atoms with E-state index < -0.39 is 16.7 Å². The van der Waals surface area contributed by atoms with Gasteiger partial charge < -0.3 is 0 Å². The Bertz CT molecular complexity index is 1470. The van der Waals surface area contributed by atoms with Crippen molar-refractivity contribution in [3.05, 3.63) is 81.5 Å². The molecule has 0 fully saturated rings. The number of primary amides is 1. The summed E-state index contributed by atoms with van der Waals surface area (Å²) in [7, 11) is 4.75. The molecule has 0 aliphatic carbocycles. The molecule has 10 heteroatoms. The van der Waals surface area contributed by atoms with E-state index in [2.05, 4.69) is 34.7 Å². The molecule has 4 rings (SSSR count). The van der Waals surface area contributed by atoms with Gasteiger partial charge >= 0.3 is 231 Å². The number of amides is 1. The number of aromatic nitrogens is 1. The van der Waals surface area contributed by atoms with Crippen LogP contribution in [-0.2, 0) is 26.8 Å². The number of fused-ring (bicyclic) bond motifs is 2. The van der Waals surface area contributed by atoms with E-state index in [1.54, 1.807) is 25.5 Å². The number of nitrogens with zero attached hydrogens (tertiary/aromatic N) is 2. The Hall–Kier alpha value is -2.16. The third-order valence-electron chi connectivity index (χ3n) is 5.50. The molecule has 1 atom stereocenters. The molecular weight excluding hydrogens is 624 g/mol. The summed E-state index contributed by atoms with van der Waals surface area (Å²) >= 11 is 1.63. The minimum atomic E-state index is -0.998. The van der Waals surface area contributed by atoms with Crippen LogP contribution in [0.2, 0.25) is 0 Å². The number of allylic oxidation sites excluding steroid dienone is 4. The van der Waals surface area contributed by atoms with Crippen LogP contribution in [-0.4, -0.2) is 60.0 Å². The van der Waals surface area contributed by atoms with E-state index in [1.807, 2.05) is 49.6 Å². The van der Waals surface area contributed by atoms with Gasteiger partial charge in [0.1, 0.15) is 0 Å². The molecule has 6 nitrogen and oxygen atoms in total. The number of carbonyl (C=O) groups is 1. The number of rotatable bonds is 8. The second-order valence-corrected chi connectivity index (χ2v) is 14.6. The van der Waals surface area contributed by atoms with Crippen molar-refractivity contribution >= 4 is 84.2 Å². The number of benzene rings is 2. The van der Waals surface area contributed by atoms with Gasteiger partial charge in [-0.05, 0) is 0 Å². The van der Waals surface area contributed by atoms with Crippen molar-refractivity contribution in [3.63, 3.8) is 0 Å². The van der Waals surface area contributed by atoms with Crippen LogP contribution < -0.4 is 19.7 Å². The summed E-state index contributed by atoms with van der Waals surface area (Å²) in [6.45, 7) is 0. The average Bonchev–Trinajstić information content (AvgIpc) is 3.33. The van der Waals surface area contributed by atoms with Crippen LogP contribution in [0.4, 0.5) is 5.69 Å². The fourth-order valence-corrected chi connectivity index (χ4v) is 9.60. The van der Waals surface area contributed by atoms with Crippen molar-refractivity contribution in [1.29, 1.82) is 0 Å². The van der Waals surface area contributed by atoms with E-state index in [9.17, 15) is 9.00 Å². The van der Waals surface area contributed by atoms with Gasteiger partial charge in [-0.1, -0.05) is 0 Å². The number of hydrogen-bond acceptors (Lipinski definition) is 5. The van der Waals surface area contributed by atoms with E-state index in [0.29, 0.717) is 5.57 Å². The first-order valence-corrected chi connectivity index (χ1v) is 16.6. The summed E-state index contributed by atoms with van der Waals surface area (Å²) < 4.78 is 24.0. The molecule has 186 valence electrons. The fourth-order valence-electron chi connectivity index (χ4n) is 3.61. The van der Waals surface area contributed by atoms with Crippen LogP contribution in [0.25, 0.3) is 15.9 Å². The van der Waals surface area contributed by atoms with Gasteiger partial charge in [0.25, 0.3) is 0 Å². The van der Waals surface area contributed by atoms with Gasteiger partial charge in [-0.3, -0.25) is 0 Å². The molecule has 2 N–H and O–H groups in total. The Kier molecular flexibility index (Phi) is 8.91. The van der Waals surface area contributed by atoms with Gasteiger partial charge in [0.05, 0.1) is 0 Å². The molecule has 1 unspecified atom stereocenters. The molecule has 0 bridgehead atoms. The van der Waals surface area contributed by atoms with Crippen molar-refractivity contribution in [2.75, 3.05) is 25.3 Å². The number of nitrogens with two attached hydrogens (primary N) is 1. The molecule has 1 amide bonds. The maximum atomic E-state index is 12.0. The summed E-state index contributed by atoms with van der Waals surface area (Å²) in [6, 6.07) is 12.3. The Labute approximate surface area is 230 Å². The van der Waals surface area contributed by atoms with Crippen molar-refractivity contribution in [1.82, 2.24) is 0 Å². The molecule has 1 aliphatic rings. The van der Waals surface area contributed by atoms with Gasteiger partial charge in [-0.25, -0.2) is 0 Å². The third-order valence-corrected chi connectivity index (χ3v) is 11.9. The zero-order chi connectivity index (χ0) is 25.8. The minimum absolute atomic E-state index is 0.0999. The van der Waals surface area contributed by atoms with Crippen LogP contribution in [0, 0.1) is 0 Å². The van der Waals surface area contributed by atoms with Gasteiger partial charge in [0.15, 0.2) is 0 Å². The SMILES string of the molecule is COSc1ccc2c(c1)[Se]C(=CC=CC(=CC=Cc1[se]c3cc(S(C)=O)ccc3[n+]1C)C(N)=O)N2C. The van der Waals surface area contributed by atoms with Crippen molar-refractivity contribution in [2.45, 2.75) is 9.79 Å². The van der Waals surface area contributed by atoms with Crippen LogP contribution in [0.3, 0.4) is 0 Å². The quantitative estimate of drug-likeness (QED) is 0.133. The molecule has 0 saturated carbocycles. The van der Waals surface area contributed by atoms with E-state index in [1.165, 1.54) is 31.0 Å². The van der Waals surface area contributed by atoms with Crippen molar-refractivity contribution < 1.29 is 17.8 Å². The number of hydrogen-bond donors (Lipinski definition) is 1. The van der Waals surface area contributed by atoms with Crippen LogP contribution in [0.1, 0.15) is 4.57 Å². The van der Waals surface area contributed by atoms with Gasteiger partial charge in [0.2, 0.25) is 0 Å². The number of carbonyl (C=O) groups excluding carboxylic acids is 1. The molecule has 1 aliphatic heterocycles. The monoisotopic (exact) mass is 652 g/mol. The van der Waals surface area contributed by atoms with Crippen LogP contribution >= 0.6 is 12.0 Å². The predicted octanol–water partition coefficient (Wildman–Crippen LogP) is 2.41. The first-order valence-electron chi connectivity index (χ1n) is 10.9. The topological polar surface area (TPSA) is 76.5 Å². The van der Waals surface area contributed by atoms with Crippen molar-refractivity contribution in [3.8, 4) is 0 Å². The number of anilines is 1. The van der Waals surface area contributed by atoms with E-state index in [4.69, 9.17) is 9.92 Å². The summed E-state index contributed by atoms with van der Waals surface area (Å²) in [5.41, 5.74) is 8.39. The van der Waals surface area contributed by atoms with Crippen molar-refractivity contribution in [2.24, 2.45) is 12.8 Å². The average molecular weight is 651 g/mol. The molecule has 0 spiro atoms. The first kappa shape index (κ1) is 26.9. The summed E-state index contributed by atoms with van der Waals surface area (Å²) in [6.07, 6.45) is 13.0. The van der Waals surface area contributed by atoms with Gasteiger partial charge in [-0.2, -0.15) is 0 Å². The third kappa shape index (κ3) is 6.03.